The molecule has 0 aliphatic carbocycles. The maximum absolute atomic E-state index is 13.9. The Bertz CT molecular complexity index is 939. The number of carbonyl (C=O) groups is 1. The number of nitrogens with zero attached hydrogens (tertiary/aromatic N) is 3. The fourth-order valence-corrected chi connectivity index (χ4v) is 4.36. The van der Waals surface area contributed by atoms with Crippen molar-refractivity contribution in [3.8, 4) is 11.5 Å². The summed E-state index contributed by atoms with van der Waals surface area (Å²) in [6, 6.07) is 10.9. The summed E-state index contributed by atoms with van der Waals surface area (Å²) < 4.78 is 24.7. The lowest BCUT2D eigenvalue weighted by molar-refractivity contribution is -0.133. The van der Waals surface area contributed by atoms with Gasteiger partial charge in [-0.25, -0.2) is 4.39 Å². The molecule has 2 aromatic rings. The van der Waals surface area contributed by atoms with Gasteiger partial charge in [-0.2, -0.15) is 0 Å². The lowest BCUT2D eigenvalue weighted by atomic mass is 9.98. The maximum Gasteiger partial charge on any atom is 0.237 e. The summed E-state index contributed by atoms with van der Waals surface area (Å²) in [6.45, 7) is 5.66. The van der Waals surface area contributed by atoms with Gasteiger partial charge in [0.2, 0.25) is 5.91 Å². The maximum atomic E-state index is 13.9. The van der Waals surface area contributed by atoms with Gasteiger partial charge in [0, 0.05) is 51.4 Å². The Balaban J connectivity index is 0.00000193. The summed E-state index contributed by atoms with van der Waals surface area (Å²) in [5, 5.41) is 0. The number of ether oxygens (including phenoxy) is 2. The fraction of sp³-hybridized carbons (Fsp3) is 0.458. The highest BCUT2D eigenvalue weighted by Gasteiger charge is 2.26. The second-order valence-electron chi connectivity index (χ2n) is 8.18. The topological polar surface area (TPSA) is 45.3 Å². The Morgan fingerprint density at radius 3 is 2.15 bits per heavy atom. The van der Waals surface area contributed by atoms with Crippen LogP contribution in [0.25, 0.3) is 0 Å². The fourth-order valence-electron chi connectivity index (χ4n) is 4.36. The van der Waals surface area contributed by atoms with Crippen LogP contribution in [-0.2, 0) is 24.3 Å². The van der Waals surface area contributed by atoms with Crippen LogP contribution in [0.1, 0.15) is 16.7 Å². The number of fused-ring (bicyclic) bond motifs is 1. The van der Waals surface area contributed by atoms with Crippen LogP contribution in [0.5, 0.6) is 11.5 Å². The van der Waals surface area contributed by atoms with Gasteiger partial charge >= 0.3 is 0 Å². The first-order valence-corrected chi connectivity index (χ1v) is 10.8. The van der Waals surface area contributed by atoms with Gasteiger partial charge in [-0.1, -0.05) is 18.2 Å². The Morgan fingerprint density at radius 1 is 0.909 bits per heavy atom. The number of halogens is 3. The minimum absolute atomic E-state index is 0. The molecule has 2 heterocycles. The summed E-state index contributed by atoms with van der Waals surface area (Å²) in [5.41, 5.74) is 3.06. The zero-order valence-corrected chi connectivity index (χ0v) is 20.7. The monoisotopic (exact) mass is 499 g/mol. The third-order valence-corrected chi connectivity index (χ3v) is 6.25. The lowest BCUT2D eigenvalue weighted by Gasteiger charge is -2.36. The number of hydrogen-bond acceptors (Lipinski definition) is 5. The first-order chi connectivity index (χ1) is 15.1. The van der Waals surface area contributed by atoms with Crippen LogP contribution < -0.4 is 9.47 Å². The van der Waals surface area contributed by atoms with Gasteiger partial charge in [0.15, 0.2) is 11.5 Å². The van der Waals surface area contributed by atoms with Gasteiger partial charge in [0.25, 0.3) is 0 Å². The van der Waals surface area contributed by atoms with Crippen LogP contribution in [0, 0.1) is 5.82 Å². The van der Waals surface area contributed by atoms with Crippen molar-refractivity contribution >= 4 is 30.7 Å². The van der Waals surface area contributed by atoms with Crippen LogP contribution in [0.4, 0.5) is 4.39 Å². The third-order valence-electron chi connectivity index (χ3n) is 6.25. The molecule has 0 aromatic heterocycles. The Morgan fingerprint density at radius 2 is 1.52 bits per heavy atom. The predicted molar refractivity (Wildman–Crippen MR) is 131 cm³/mol. The van der Waals surface area contributed by atoms with Crippen molar-refractivity contribution in [2.75, 3.05) is 53.5 Å². The van der Waals surface area contributed by atoms with E-state index in [0.29, 0.717) is 31.9 Å². The molecule has 182 valence electrons. The lowest BCUT2D eigenvalue weighted by Crippen LogP contribution is -2.50. The molecule has 0 spiro atoms. The van der Waals surface area contributed by atoms with E-state index in [-0.39, 0.29) is 36.5 Å². The van der Waals surface area contributed by atoms with E-state index in [1.165, 1.54) is 11.6 Å². The van der Waals surface area contributed by atoms with Gasteiger partial charge in [-0.05, 0) is 35.7 Å². The van der Waals surface area contributed by atoms with Crippen molar-refractivity contribution in [3.63, 3.8) is 0 Å². The normalized spacial score (nSPS) is 16.3. The molecular weight excluding hydrogens is 468 g/mol. The Kier molecular flexibility index (Phi) is 10.2. The molecular formula is C24H32Cl2FN3O3. The molecule has 4 rings (SSSR count). The van der Waals surface area contributed by atoms with Crippen LogP contribution in [0.2, 0.25) is 0 Å². The summed E-state index contributed by atoms with van der Waals surface area (Å²) in [7, 11) is 3.26. The molecule has 2 aromatic carbocycles. The Labute approximate surface area is 207 Å². The first kappa shape index (κ1) is 27.2. The number of carbonyl (C=O) groups excluding carboxylic acids is 1. The minimum Gasteiger partial charge on any atom is -0.493 e. The van der Waals surface area contributed by atoms with Crippen LogP contribution >= 0.6 is 24.8 Å². The van der Waals surface area contributed by atoms with E-state index in [4.69, 9.17) is 9.47 Å². The SMILES string of the molecule is COc1cc2c(cc1OC)CN(C(=O)CN1CCN(Cc3ccccc3F)CC1)CC2.Cl.Cl. The quantitative estimate of drug-likeness (QED) is 0.609. The van der Waals surface area contributed by atoms with Gasteiger partial charge in [0.1, 0.15) is 5.82 Å². The molecule has 0 radical (unpaired) electrons. The molecule has 0 bridgehead atoms. The number of amides is 1. The van der Waals surface area contributed by atoms with Crippen molar-refractivity contribution in [3.05, 3.63) is 58.9 Å². The van der Waals surface area contributed by atoms with E-state index in [1.54, 1.807) is 20.3 Å². The van der Waals surface area contributed by atoms with Crippen molar-refractivity contribution < 1.29 is 18.7 Å². The third kappa shape index (κ3) is 6.51. The number of hydrogen-bond donors (Lipinski definition) is 0. The molecule has 0 unspecified atom stereocenters. The van der Waals surface area contributed by atoms with Gasteiger partial charge in [-0.3, -0.25) is 14.6 Å². The minimum atomic E-state index is -0.153. The molecule has 33 heavy (non-hydrogen) atoms. The summed E-state index contributed by atoms with van der Waals surface area (Å²) in [6.07, 6.45) is 0.817. The van der Waals surface area contributed by atoms with E-state index in [9.17, 15) is 9.18 Å². The van der Waals surface area contributed by atoms with Crippen LogP contribution in [0.15, 0.2) is 36.4 Å². The van der Waals surface area contributed by atoms with E-state index in [1.807, 2.05) is 29.2 Å². The van der Waals surface area contributed by atoms with Gasteiger partial charge in [-0.15, -0.1) is 24.8 Å². The molecule has 9 heteroatoms. The molecule has 0 N–H and O–H groups in total. The van der Waals surface area contributed by atoms with E-state index in [0.717, 1.165) is 49.5 Å². The standard InChI is InChI=1S/C24H30FN3O3.2ClH/c1-30-22-13-18-7-8-28(16-20(18)14-23(22)31-2)24(29)17-27-11-9-26(10-12-27)15-19-5-3-4-6-21(19)25;;/h3-6,13-14H,7-12,15-17H2,1-2H3;2*1H. The van der Waals surface area contributed by atoms with Crippen LogP contribution in [0.3, 0.4) is 0 Å². The Hall–Kier alpha value is -2.06. The zero-order valence-electron chi connectivity index (χ0n) is 19.1. The molecule has 1 saturated heterocycles. The highest BCUT2D eigenvalue weighted by molar-refractivity contribution is 5.85. The summed E-state index contributed by atoms with van der Waals surface area (Å²) in [4.78, 5) is 19.3. The molecule has 2 aliphatic rings. The zero-order chi connectivity index (χ0) is 21.8. The molecule has 2 aliphatic heterocycles. The van der Waals surface area contributed by atoms with Crippen molar-refractivity contribution in [2.45, 2.75) is 19.5 Å². The van der Waals surface area contributed by atoms with Crippen molar-refractivity contribution in [2.24, 2.45) is 0 Å². The average molecular weight is 500 g/mol. The number of rotatable bonds is 6. The number of methoxy groups -OCH3 is 2. The molecule has 1 amide bonds. The summed E-state index contributed by atoms with van der Waals surface area (Å²) >= 11 is 0. The van der Waals surface area contributed by atoms with Gasteiger partial charge < -0.3 is 14.4 Å². The smallest absolute Gasteiger partial charge is 0.237 e. The molecule has 0 saturated carbocycles. The molecule has 6 nitrogen and oxygen atoms in total. The largest absolute Gasteiger partial charge is 0.493 e. The summed E-state index contributed by atoms with van der Waals surface area (Å²) in [5.74, 6) is 1.43. The molecule has 1 fully saturated rings. The predicted octanol–water partition coefficient (Wildman–Crippen LogP) is 3.39. The highest BCUT2D eigenvalue weighted by Crippen LogP contribution is 2.33. The first-order valence-electron chi connectivity index (χ1n) is 10.8. The van der Waals surface area contributed by atoms with Crippen LogP contribution in [-0.4, -0.2) is 74.1 Å². The molecule has 0 atom stereocenters. The van der Waals surface area contributed by atoms with E-state index in [2.05, 4.69) is 9.80 Å². The van der Waals surface area contributed by atoms with Crippen molar-refractivity contribution in [1.82, 2.24) is 14.7 Å². The van der Waals surface area contributed by atoms with Crippen molar-refractivity contribution in [1.29, 1.82) is 0 Å². The van der Waals surface area contributed by atoms with E-state index < -0.39 is 0 Å². The number of benzene rings is 2. The van der Waals surface area contributed by atoms with Gasteiger partial charge in [0.05, 0.1) is 20.8 Å². The second-order valence-corrected chi connectivity index (χ2v) is 8.18. The number of piperazine rings is 1. The highest BCUT2D eigenvalue weighted by atomic mass is 35.5. The average Bonchev–Trinajstić information content (AvgIpc) is 2.80. The second kappa shape index (κ2) is 12.4. The van der Waals surface area contributed by atoms with E-state index >= 15 is 0 Å².